The summed E-state index contributed by atoms with van der Waals surface area (Å²) in [5.74, 6) is 0. The molecule has 2 heterocycles. The van der Waals surface area contributed by atoms with E-state index in [9.17, 15) is 9.59 Å². The van der Waals surface area contributed by atoms with Crippen LogP contribution in [0.25, 0.3) is 10.2 Å². The van der Waals surface area contributed by atoms with Crippen LogP contribution in [0.4, 0.5) is 0 Å². The Balaban J connectivity index is 3.06. The smallest absolute Gasteiger partial charge is 0.285 e. The van der Waals surface area contributed by atoms with E-state index in [1.54, 1.807) is 10.6 Å². The van der Waals surface area contributed by atoms with Crippen molar-refractivity contribution in [3.8, 4) is 0 Å². The molecule has 0 unspecified atom stereocenters. The molecule has 0 spiro atoms. The summed E-state index contributed by atoms with van der Waals surface area (Å²) in [7, 11) is 0. The molecule has 0 aliphatic rings. The summed E-state index contributed by atoms with van der Waals surface area (Å²) in [6.45, 7) is 2.45. The summed E-state index contributed by atoms with van der Waals surface area (Å²) < 4.78 is 1.56. The molecule has 2 aromatic heterocycles. The molecule has 0 saturated heterocycles. The largest absolute Gasteiger partial charge is 0.329 e. The highest BCUT2D eigenvalue weighted by atomic mass is 32.1. The molecule has 0 atom stereocenters. The molecule has 0 aliphatic carbocycles. The second-order valence-electron chi connectivity index (χ2n) is 2.64. The van der Waals surface area contributed by atoms with E-state index >= 15 is 0 Å². The molecule has 0 radical (unpaired) electrons. The van der Waals surface area contributed by atoms with Gasteiger partial charge >= 0.3 is 5.69 Å². The number of hydrogen-bond donors (Lipinski definition) is 1. The fourth-order valence-corrected chi connectivity index (χ4v) is 2.25. The highest BCUT2D eigenvalue weighted by molar-refractivity contribution is 7.16. The summed E-state index contributed by atoms with van der Waals surface area (Å²) in [5.41, 5.74) is -0.631. The van der Waals surface area contributed by atoms with Crippen molar-refractivity contribution in [2.75, 3.05) is 0 Å². The zero-order valence-electron chi connectivity index (χ0n) is 7.03. The molecule has 2 rings (SSSR count). The summed E-state index contributed by atoms with van der Waals surface area (Å²) >= 11 is 1.41. The molecule has 2 aromatic rings. The molecule has 0 amide bonds. The van der Waals surface area contributed by atoms with Crippen molar-refractivity contribution in [2.24, 2.45) is 0 Å². The lowest BCUT2D eigenvalue weighted by atomic mass is 10.4. The van der Waals surface area contributed by atoms with Gasteiger partial charge in [0.05, 0.1) is 5.39 Å². The minimum absolute atomic E-state index is 0.300. The molecule has 0 bridgehead atoms. The third kappa shape index (κ3) is 1.12. The summed E-state index contributed by atoms with van der Waals surface area (Å²) in [6, 6.07) is 1.73. The van der Waals surface area contributed by atoms with Crippen LogP contribution in [0.1, 0.15) is 6.92 Å². The lowest BCUT2D eigenvalue weighted by Gasteiger charge is -2.00. The zero-order valence-corrected chi connectivity index (χ0v) is 7.85. The predicted molar refractivity (Wildman–Crippen MR) is 52.4 cm³/mol. The van der Waals surface area contributed by atoms with Crippen molar-refractivity contribution in [1.29, 1.82) is 0 Å². The highest BCUT2D eigenvalue weighted by Gasteiger charge is 2.05. The van der Waals surface area contributed by atoms with E-state index in [1.165, 1.54) is 11.3 Å². The van der Waals surface area contributed by atoms with Crippen LogP contribution in [0.5, 0.6) is 0 Å². The van der Waals surface area contributed by atoms with E-state index in [0.717, 1.165) is 4.83 Å². The molecule has 0 aromatic carbocycles. The summed E-state index contributed by atoms with van der Waals surface area (Å²) in [4.78, 5) is 25.6. The van der Waals surface area contributed by atoms with Gasteiger partial charge in [-0.15, -0.1) is 11.3 Å². The number of hydrogen-bond acceptors (Lipinski definition) is 3. The Morgan fingerprint density at radius 2 is 2.31 bits per heavy atom. The van der Waals surface area contributed by atoms with Gasteiger partial charge in [-0.3, -0.25) is 14.3 Å². The monoisotopic (exact) mass is 196 g/mol. The number of rotatable bonds is 1. The average molecular weight is 196 g/mol. The van der Waals surface area contributed by atoms with Crippen molar-refractivity contribution in [3.63, 3.8) is 0 Å². The van der Waals surface area contributed by atoms with Crippen molar-refractivity contribution >= 4 is 21.6 Å². The number of aryl methyl sites for hydroxylation is 1. The van der Waals surface area contributed by atoms with Crippen LogP contribution >= 0.6 is 11.3 Å². The minimum Gasteiger partial charge on any atom is -0.285 e. The van der Waals surface area contributed by atoms with Crippen LogP contribution in [-0.2, 0) is 6.54 Å². The van der Waals surface area contributed by atoms with E-state index < -0.39 is 0 Å². The first-order valence-corrected chi connectivity index (χ1v) is 4.82. The van der Waals surface area contributed by atoms with Crippen molar-refractivity contribution in [1.82, 2.24) is 9.55 Å². The standard InChI is InChI=1S/C8H8N2O2S/c1-2-10-7-5(3-4-13-7)6(11)9-8(10)12/h3-4H,2H2,1H3,(H,9,11,12). The maximum atomic E-state index is 11.3. The number of H-pyrrole nitrogens is 1. The highest BCUT2D eigenvalue weighted by Crippen LogP contribution is 2.14. The average Bonchev–Trinajstić information content (AvgIpc) is 2.53. The van der Waals surface area contributed by atoms with Crippen molar-refractivity contribution in [3.05, 3.63) is 32.3 Å². The van der Waals surface area contributed by atoms with Gasteiger partial charge < -0.3 is 0 Å². The maximum Gasteiger partial charge on any atom is 0.329 e. The first kappa shape index (κ1) is 8.25. The number of thiophene rings is 1. The second kappa shape index (κ2) is 2.85. The van der Waals surface area contributed by atoms with Gasteiger partial charge in [-0.2, -0.15) is 0 Å². The number of nitrogens with zero attached hydrogens (tertiary/aromatic N) is 1. The normalized spacial score (nSPS) is 10.8. The van der Waals surface area contributed by atoms with Crippen LogP contribution in [0.2, 0.25) is 0 Å². The first-order valence-electron chi connectivity index (χ1n) is 3.94. The third-order valence-corrected chi connectivity index (χ3v) is 2.85. The zero-order chi connectivity index (χ0) is 9.42. The van der Waals surface area contributed by atoms with Crippen LogP contribution in [0.15, 0.2) is 21.0 Å². The molecule has 5 heteroatoms. The molecule has 0 saturated carbocycles. The Bertz CT molecular complexity index is 549. The fraction of sp³-hybridized carbons (Fsp3) is 0.250. The molecule has 4 nitrogen and oxygen atoms in total. The summed E-state index contributed by atoms with van der Waals surface area (Å²) in [5, 5.41) is 2.40. The maximum absolute atomic E-state index is 11.3. The number of nitrogens with one attached hydrogen (secondary N) is 1. The molecule has 0 fully saturated rings. The second-order valence-corrected chi connectivity index (χ2v) is 3.54. The van der Waals surface area contributed by atoms with Crippen LogP contribution in [0, 0.1) is 0 Å². The van der Waals surface area contributed by atoms with Crippen LogP contribution in [-0.4, -0.2) is 9.55 Å². The first-order chi connectivity index (χ1) is 6.24. The molecule has 68 valence electrons. The SMILES string of the molecule is CCn1c(=O)[nH]c(=O)c2ccsc21. The van der Waals surface area contributed by atoms with Crippen molar-refractivity contribution < 1.29 is 0 Å². The van der Waals surface area contributed by atoms with Gasteiger partial charge in [-0.25, -0.2) is 4.79 Å². The van der Waals surface area contributed by atoms with Crippen molar-refractivity contribution in [2.45, 2.75) is 13.5 Å². The Labute approximate surface area is 77.5 Å². The number of fused-ring (bicyclic) bond motifs is 1. The molecular weight excluding hydrogens is 188 g/mol. The fourth-order valence-electron chi connectivity index (χ4n) is 1.29. The molecule has 13 heavy (non-hydrogen) atoms. The van der Waals surface area contributed by atoms with Gasteiger partial charge in [0, 0.05) is 6.54 Å². The quantitative estimate of drug-likeness (QED) is 0.732. The Kier molecular flexibility index (Phi) is 1.81. The van der Waals surface area contributed by atoms with Gasteiger partial charge in [0.25, 0.3) is 5.56 Å². The lowest BCUT2D eigenvalue weighted by molar-refractivity contribution is 0.732. The van der Waals surface area contributed by atoms with E-state index in [4.69, 9.17) is 0 Å². The van der Waals surface area contributed by atoms with Gasteiger partial charge in [-0.1, -0.05) is 0 Å². The van der Waals surface area contributed by atoms with Crippen LogP contribution in [0.3, 0.4) is 0 Å². The third-order valence-electron chi connectivity index (χ3n) is 1.92. The Morgan fingerprint density at radius 3 is 3.00 bits per heavy atom. The van der Waals surface area contributed by atoms with Crippen LogP contribution < -0.4 is 11.2 Å². The Hall–Kier alpha value is -1.36. The topological polar surface area (TPSA) is 54.9 Å². The van der Waals surface area contributed by atoms with Gasteiger partial charge in [0.15, 0.2) is 0 Å². The molecule has 0 aliphatic heterocycles. The van der Waals surface area contributed by atoms with E-state index in [1.807, 2.05) is 12.3 Å². The van der Waals surface area contributed by atoms with E-state index in [2.05, 4.69) is 4.98 Å². The van der Waals surface area contributed by atoms with Gasteiger partial charge in [0.2, 0.25) is 0 Å². The minimum atomic E-state index is -0.331. The van der Waals surface area contributed by atoms with E-state index in [-0.39, 0.29) is 11.2 Å². The molecular formula is C8H8N2O2S. The Morgan fingerprint density at radius 1 is 1.54 bits per heavy atom. The number of aromatic nitrogens is 2. The lowest BCUT2D eigenvalue weighted by Crippen LogP contribution is -2.28. The van der Waals surface area contributed by atoms with Gasteiger partial charge in [-0.05, 0) is 18.4 Å². The molecule has 1 N–H and O–H groups in total. The number of aromatic amines is 1. The van der Waals surface area contributed by atoms with Gasteiger partial charge in [0.1, 0.15) is 4.83 Å². The predicted octanol–water partition coefficient (Wildman–Crippen LogP) is 0.771. The summed E-state index contributed by atoms with van der Waals surface area (Å²) in [6.07, 6.45) is 0. The van der Waals surface area contributed by atoms with E-state index in [0.29, 0.717) is 11.9 Å².